The first-order valence-corrected chi connectivity index (χ1v) is 11.3. The number of carbonyl (C=O) groups excluding carboxylic acids is 1. The van der Waals surface area contributed by atoms with E-state index in [1.54, 1.807) is 0 Å². The maximum absolute atomic E-state index is 12.8. The van der Waals surface area contributed by atoms with Crippen molar-refractivity contribution in [1.29, 1.82) is 0 Å². The molecule has 5 atom stereocenters. The van der Waals surface area contributed by atoms with Gasteiger partial charge in [-0.3, -0.25) is 8.98 Å². The van der Waals surface area contributed by atoms with Gasteiger partial charge in [0, 0.05) is 20.0 Å². The van der Waals surface area contributed by atoms with Gasteiger partial charge in [0.2, 0.25) is 15.5 Å². The molecule has 2 aliphatic heterocycles. The molecule has 0 spiro atoms. The molecule has 0 radical (unpaired) electrons. The molecule has 164 valence electrons. The van der Waals surface area contributed by atoms with Gasteiger partial charge in [0.25, 0.3) is 0 Å². The normalized spacial score (nSPS) is 33.5. The molecule has 0 saturated carbocycles. The third-order valence-corrected chi connectivity index (χ3v) is 7.05. The van der Waals surface area contributed by atoms with Crippen LogP contribution in [0.15, 0.2) is 0 Å². The Morgan fingerprint density at radius 3 is 2.18 bits per heavy atom. The van der Waals surface area contributed by atoms with Gasteiger partial charge in [-0.15, -0.1) is 0 Å². The number of rotatable bonds is 6. The fraction of sp³-hybridized carbons (Fsp3) is 0.923. The van der Waals surface area contributed by atoms with E-state index < -0.39 is 68.9 Å². The Labute approximate surface area is 162 Å². The largest absolute Gasteiger partial charge is 0.463 e. The zero-order chi connectivity index (χ0) is 21.3. The lowest BCUT2D eigenvalue weighted by Gasteiger charge is -2.42. The highest BCUT2D eigenvalue weighted by Crippen LogP contribution is 2.29. The van der Waals surface area contributed by atoms with E-state index in [1.165, 1.54) is 0 Å². The summed E-state index contributed by atoms with van der Waals surface area (Å²) in [6.07, 6.45) is -7.58. The quantitative estimate of drug-likeness (QED) is 0.292. The summed E-state index contributed by atoms with van der Waals surface area (Å²) >= 11 is 0. The van der Waals surface area contributed by atoms with Crippen LogP contribution in [0.25, 0.3) is 0 Å². The fourth-order valence-corrected chi connectivity index (χ4v) is 5.40. The van der Waals surface area contributed by atoms with Crippen LogP contribution in [0.2, 0.25) is 0 Å². The average Bonchev–Trinajstić information content (AvgIpc) is 2.57. The van der Waals surface area contributed by atoms with E-state index in [4.69, 9.17) is 14.6 Å². The van der Waals surface area contributed by atoms with Crippen molar-refractivity contribution in [3.8, 4) is 0 Å². The number of piperidine rings is 1. The molecule has 2 heterocycles. The Morgan fingerprint density at radius 1 is 1.11 bits per heavy atom. The number of esters is 1. The Balaban J connectivity index is 2.09. The molecule has 0 unspecified atom stereocenters. The molecule has 28 heavy (non-hydrogen) atoms. The standard InChI is InChI=1S/C13H24N2O11S2/c1-7(16)24-6-9-10(17)11(18)12(19)13(25-9)27(20,21)15-4-2-8(3-5-15)26-28(14,22)23/h8-13,17-19H,2-6H2,1H3,(H2,14,22,23)/t9-,10+,11-,12-,13-/m1/s1. The Kier molecular flexibility index (Phi) is 7.38. The minimum atomic E-state index is -4.32. The van der Waals surface area contributed by atoms with Crippen molar-refractivity contribution in [2.75, 3.05) is 19.7 Å². The number of aliphatic hydroxyl groups is 3. The maximum atomic E-state index is 12.8. The number of nitrogens with zero attached hydrogens (tertiary/aromatic N) is 1. The number of nitrogens with two attached hydrogens (primary N) is 1. The molecule has 2 rings (SSSR count). The zero-order valence-corrected chi connectivity index (χ0v) is 16.6. The van der Waals surface area contributed by atoms with Crippen LogP contribution in [0.4, 0.5) is 0 Å². The third-order valence-electron chi connectivity index (χ3n) is 4.44. The van der Waals surface area contributed by atoms with E-state index in [2.05, 4.69) is 4.18 Å². The van der Waals surface area contributed by atoms with Crippen LogP contribution in [0, 0.1) is 0 Å². The number of ether oxygens (including phenoxy) is 2. The van der Waals surface area contributed by atoms with E-state index in [-0.39, 0.29) is 25.9 Å². The van der Waals surface area contributed by atoms with Crippen molar-refractivity contribution in [3.63, 3.8) is 0 Å². The van der Waals surface area contributed by atoms with Crippen LogP contribution in [0.5, 0.6) is 0 Å². The molecule has 0 amide bonds. The summed E-state index contributed by atoms with van der Waals surface area (Å²) in [5.74, 6) is -0.701. The number of hydrogen-bond acceptors (Lipinski definition) is 11. The average molecular weight is 448 g/mol. The maximum Gasteiger partial charge on any atom is 0.333 e. The van der Waals surface area contributed by atoms with Crippen molar-refractivity contribution in [2.24, 2.45) is 5.14 Å². The smallest absolute Gasteiger partial charge is 0.333 e. The lowest BCUT2D eigenvalue weighted by molar-refractivity contribution is -0.212. The molecule has 0 aromatic rings. The first kappa shape index (κ1) is 23.4. The van der Waals surface area contributed by atoms with Gasteiger partial charge < -0.3 is 24.8 Å². The summed E-state index contributed by atoms with van der Waals surface area (Å²) in [6, 6.07) is 0. The molecule has 0 bridgehead atoms. The summed E-state index contributed by atoms with van der Waals surface area (Å²) in [7, 11) is -8.49. The SMILES string of the molecule is CC(=O)OC[C@H]1O[C@H](S(=O)(=O)N2CCC(OS(N)(=O)=O)CC2)[C@H](O)[C@H](O)[C@H]1O. The van der Waals surface area contributed by atoms with E-state index in [1.807, 2.05) is 0 Å². The lowest BCUT2D eigenvalue weighted by atomic mass is 10.0. The highest BCUT2D eigenvalue weighted by molar-refractivity contribution is 7.89. The number of sulfonamides is 1. The van der Waals surface area contributed by atoms with Crippen molar-refractivity contribution >= 4 is 26.3 Å². The Bertz CT molecular complexity index is 763. The number of carbonyl (C=O) groups is 1. The van der Waals surface area contributed by atoms with Gasteiger partial charge in [-0.05, 0) is 12.8 Å². The van der Waals surface area contributed by atoms with Gasteiger partial charge in [0.05, 0.1) is 6.10 Å². The monoisotopic (exact) mass is 448 g/mol. The van der Waals surface area contributed by atoms with Crippen LogP contribution < -0.4 is 5.14 Å². The van der Waals surface area contributed by atoms with Gasteiger partial charge in [-0.25, -0.2) is 13.6 Å². The van der Waals surface area contributed by atoms with Crippen LogP contribution >= 0.6 is 0 Å². The number of aliphatic hydroxyl groups excluding tert-OH is 3. The van der Waals surface area contributed by atoms with Gasteiger partial charge in [-0.2, -0.15) is 12.7 Å². The number of hydrogen-bond donors (Lipinski definition) is 4. The van der Waals surface area contributed by atoms with Crippen molar-refractivity contribution in [2.45, 2.75) is 55.7 Å². The van der Waals surface area contributed by atoms with Crippen LogP contribution in [0.3, 0.4) is 0 Å². The summed E-state index contributed by atoms with van der Waals surface area (Å²) in [6.45, 7) is 0.309. The van der Waals surface area contributed by atoms with Crippen molar-refractivity contribution in [3.05, 3.63) is 0 Å². The molecule has 0 aromatic carbocycles. The lowest BCUT2D eigenvalue weighted by Crippen LogP contribution is -2.63. The Morgan fingerprint density at radius 2 is 1.68 bits per heavy atom. The van der Waals surface area contributed by atoms with E-state index in [0.29, 0.717) is 0 Å². The molecule has 15 heteroatoms. The summed E-state index contributed by atoms with van der Waals surface area (Å²) in [5, 5.41) is 34.8. The summed E-state index contributed by atoms with van der Waals surface area (Å²) in [4.78, 5) is 10.9. The second-order valence-corrected chi connectivity index (χ2v) is 9.74. The molecule has 0 aliphatic carbocycles. The molecular weight excluding hydrogens is 424 g/mol. The predicted octanol–water partition coefficient (Wildman–Crippen LogP) is -3.63. The molecule has 2 fully saturated rings. The van der Waals surface area contributed by atoms with Gasteiger partial charge in [0.1, 0.15) is 31.0 Å². The second-order valence-electron chi connectivity index (χ2n) is 6.55. The van der Waals surface area contributed by atoms with Gasteiger partial charge in [0.15, 0.2) is 0 Å². The van der Waals surface area contributed by atoms with E-state index >= 15 is 0 Å². The highest BCUT2D eigenvalue weighted by atomic mass is 32.2. The third kappa shape index (κ3) is 5.58. The molecular formula is C13H24N2O11S2. The predicted molar refractivity (Wildman–Crippen MR) is 91.0 cm³/mol. The van der Waals surface area contributed by atoms with Gasteiger partial charge >= 0.3 is 16.3 Å². The van der Waals surface area contributed by atoms with Crippen molar-refractivity contribution in [1.82, 2.24) is 4.31 Å². The first-order chi connectivity index (χ1) is 12.8. The zero-order valence-electron chi connectivity index (χ0n) is 14.9. The highest BCUT2D eigenvalue weighted by Gasteiger charge is 2.51. The fourth-order valence-electron chi connectivity index (χ4n) is 3.02. The minimum Gasteiger partial charge on any atom is -0.463 e. The van der Waals surface area contributed by atoms with Crippen LogP contribution in [0.1, 0.15) is 19.8 Å². The summed E-state index contributed by atoms with van der Waals surface area (Å²) < 4.78 is 63.1. The Hall–Kier alpha value is -0.910. The van der Waals surface area contributed by atoms with Crippen LogP contribution in [-0.4, -0.2) is 98.1 Å². The first-order valence-electron chi connectivity index (χ1n) is 8.36. The molecule has 2 aliphatic rings. The van der Waals surface area contributed by atoms with Crippen LogP contribution in [-0.2, 0) is 38.8 Å². The molecule has 0 aromatic heterocycles. The van der Waals surface area contributed by atoms with E-state index in [0.717, 1.165) is 11.2 Å². The topological polar surface area (TPSA) is 203 Å². The molecule has 5 N–H and O–H groups in total. The summed E-state index contributed by atoms with van der Waals surface area (Å²) in [5.41, 5.74) is -1.91. The second kappa shape index (κ2) is 8.85. The molecule has 13 nitrogen and oxygen atoms in total. The van der Waals surface area contributed by atoms with E-state index in [9.17, 15) is 36.9 Å². The minimum absolute atomic E-state index is 0.0283. The van der Waals surface area contributed by atoms with Gasteiger partial charge in [-0.1, -0.05) is 0 Å². The molecule has 2 saturated heterocycles. The van der Waals surface area contributed by atoms with Crippen molar-refractivity contribution < 1.29 is 50.6 Å².